The van der Waals surface area contributed by atoms with Crippen molar-refractivity contribution < 1.29 is 36.4 Å². The van der Waals surface area contributed by atoms with E-state index in [0.29, 0.717) is 19.4 Å². The van der Waals surface area contributed by atoms with Gasteiger partial charge in [-0.25, -0.2) is 0 Å². The first-order valence-corrected chi connectivity index (χ1v) is 19.5. The Morgan fingerprint density at radius 3 is 1.07 bits per heavy atom. The van der Waals surface area contributed by atoms with Gasteiger partial charge < -0.3 is 26.8 Å². The largest absolute Gasteiger partial charge is 1.00 e. The summed E-state index contributed by atoms with van der Waals surface area (Å²) in [7, 11) is 3.95. The van der Waals surface area contributed by atoms with Crippen LogP contribution < -0.4 is 17.3 Å². The standard InChI is InChI=1S/C40H75NO4.ClH/c1-5-7-9-11-13-15-17-19-21-23-25-27-29-31-33-35-38(42)44-40(37-41(3)4)45-39(43)36-34-32-30-28-26-24-22-20-18-16-14-12-10-8-6-2;/h19-22,40H,5-18,23-37H2,1-4H3;1H/b21-19-,22-20-;. The van der Waals surface area contributed by atoms with Crippen molar-refractivity contribution in [1.29, 1.82) is 0 Å². The maximum atomic E-state index is 12.4. The lowest BCUT2D eigenvalue weighted by Crippen LogP contribution is -3.07. The molecule has 0 amide bonds. The summed E-state index contributed by atoms with van der Waals surface area (Å²) >= 11 is 0. The van der Waals surface area contributed by atoms with Crippen LogP contribution in [0.3, 0.4) is 0 Å². The van der Waals surface area contributed by atoms with E-state index >= 15 is 0 Å². The van der Waals surface area contributed by atoms with Crippen LogP contribution in [-0.4, -0.2) is 38.9 Å². The average Bonchev–Trinajstić information content (AvgIpc) is 3.00. The van der Waals surface area contributed by atoms with E-state index in [0.717, 1.165) is 56.3 Å². The van der Waals surface area contributed by atoms with Crippen LogP contribution in [0.15, 0.2) is 24.3 Å². The fourth-order valence-electron chi connectivity index (χ4n) is 5.53. The first-order valence-electron chi connectivity index (χ1n) is 19.5. The molecule has 272 valence electrons. The highest BCUT2D eigenvalue weighted by molar-refractivity contribution is 5.71. The Morgan fingerprint density at radius 1 is 0.478 bits per heavy atom. The molecule has 0 radical (unpaired) electrons. The predicted molar refractivity (Wildman–Crippen MR) is 193 cm³/mol. The zero-order valence-corrected chi connectivity index (χ0v) is 31.7. The molecule has 0 aliphatic heterocycles. The molecular weight excluding hydrogens is 594 g/mol. The van der Waals surface area contributed by atoms with Gasteiger partial charge in [0.15, 0.2) is 6.54 Å². The van der Waals surface area contributed by atoms with Crippen LogP contribution in [0.5, 0.6) is 0 Å². The minimum absolute atomic E-state index is 0. The summed E-state index contributed by atoms with van der Waals surface area (Å²) in [4.78, 5) is 25.9. The van der Waals surface area contributed by atoms with Gasteiger partial charge in [-0.05, 0) is 64.2 Å². The molecule has 0 aliphatic rings. The number of allylic oxidation sites excluding steroid dienone is 4. The molecule has 0 heterocycles. The number of quaternary nitrogens is 1. The average molecular weight is 671 g/mol. The van der Waals surface area contributed by atoms with Crippen molar-refractivity contribution in [2.24, 2.45) is 0 Å². The van der Waals surface area contributed by atoms with E-state index in [-0.39, 0.29) is 24.3 Å². The summed E-state index contributed by atoms with van der Waals surface area (Å²) in [5.41, 5.74) is 0. The molecule has 0 saturated carbocycles. The Balaban J connectivity index is 0. The minimum atomic E-state index is -0.791. The summed E-state index contributed by atoms with van der Waals surface area (Å²) in [5.74, 6) is -0.514. The normalized spacial score (nSPS) is 11.6. The number of carbonyl (C=O) groups excluding carboxylic acids is 2. The quantitative estimate of drug-likeness (QED) is 0.0332. The molecule has 0 unspecified atom stereocenters. The molecule has 0 bridgehead atoms. The molecule has 0 aromatic rings. The zero-order chi connectivity index (χ0) is 33.1. The van der Waals surface area contributed by atoms with Crippen LogP contribution >= 0.6 is 0 Å². The second kappa shape index (κ2) is 38.1. The van der Waals surface area contributed by atoms with Crippen molar-refractivity contribution in [3.05, 3.63) is 24.3 Å². The topological polar surface area (TPSA) is 57.0 Å². The maximum absolute atomic E-state index is 12.4. The first-order chi connectivity index (χ1) is 22.0. The number of esters is 2. The smallest absolute Gasteiger partial charge is 0.309 e. The highest BCUT2D eigenvalue weighted by atomic mass is 35.5. The molecule has 0 aromatic heterocycles. The molecule has 0 aliphatic carbocycles. The summed E-state index contributed by atoms with van der Waals surface area (Å²) in [6.07, 6.45) is 41.3. The van der Waals surface area contributed by atoms with E-state index < -0.39 is 6.29 Å². The summed E-state index contributed by atoms with van der Waals surface area (Å²) in [6, 6.07) is 0. The molecule has 0 rings (SSSR count). The fourth-order valence-corrected chi connectivity index (χ4v) is 5.53. The number of likely N-dealkylation sites (N-methyl/N-ethyl adjacent to an activating group) is 1. The van der Waals surface area contributed by atoms with Gasteiger partial charge in [-0.15, -0.1) is 0 Å². The Morgan fingerprint density at radius 2 is 0.761 bits per heavy atom. The molecule has 0 spiro atoms. The van der Waals surface area contributed by atoms with Crippen LogP contribution in [0.2, 0.25) is 0 Å². The lowest BCUT2D eigenvalue weighted by atomic mass is 10.1. The van der Waals surface area contributed by atoms with Gasteiger partial charge in [0.25, 0.3) is 6.29 Å². The highest BCUT2D eigenvalue weighted by Crippen LogP contribution is 2.13. The predicted octanol–water partition coefficient (Wildman–Crippen LogP) is 7.62. The Kier molecular flexibility index (Phi) is 38.8. The van der Waals surface area contributed by atoms with E-state index in [2.05, 4.69) is 38.2 Å². The van der Waals surface area contributed by atoms with Crippen molar-refractivity contribution >= 4 is 11.9 Å². The number of carbonyl (C=O) groups is 2. The third-order valence-corrected chi connectivity index (χ3v) is 8.39. The summed E-state index contributed by atoms with van der Waals surface area (Å²) in [5, 5.41) is 0. The van der Waals surface area contributed by atoms with Gasteiger partial charge in [0.05, 0.1) is 14.1 Å². The van der Waals surface area contributed by atoms with Crippen molar-refractivity contribution in [3.63, 3.8) is 0 Å². The van der Waals surface area contributed by atoms with E-state index in [1.54, 1.807) is 0 Å². The van der Waals surface area contributed by atoms with Crippen molar-refractivity contribution in [3.8, 4) is 0 Å². The summed E-state index contributed by atoms with van der Waals surface area (Å²) < 4.78 is 11.1. The third-order valence-electron chi connectivity index (χ3n) is 8.39. The number of hydrogen-bond acceptors (Lipinski definition) is 4. The molecule has 46 heavy (non-hydrogen) atoms. The Hall–Kier alpha value is -1.33. The third kappa shape index (κ3) is 37.1. The molecule has 0 fully saturated rings. The van der Waals surface area contributed by atoms with Gasteiger partial charge in [0.1, 0.15) is 0 Å². The van der Waals surface area contributed by atoms with Gasteiger partial charge in [0, 0.05) is 12.8 Å². The van der Waals surface area contributed by atoms with Crippen LogP contribution in [-0.2, 0) is 19.1 Å². The van der Waals surface area contributed by atoms with Crippen LogP contribution in [0, 0.1) is 0 Å². The first kappa shape index (κ1) is 46.8. The SMILES string of the molecule is CCCCCCCC/C=C\CCCCCCCC(=O)OC(C[NH+](C)C)OC(=O)CCCCCCC/C=C\CCCCCCCC.[Cl-]. The fraction of sp³-hybridized carbons (Fsp3) is 0.850. The van der Waals surface area contributed by atoms with Crippen molar-refractivity contribution in [2.45, 2.75) is 200 Å². The number of ether oxygens (including phenoxy) is 2. The van der Waals surface area contributed by atoms with E-state index in [9.17, 15) is 9.59 Å². The molecular formula is C40H76ClNO4. The van der Waals surface area contributed by atoms with Gasteiger partial charge >= 0.3 is 11.9 Å². The number of halogens is 1. The minimum Gasteiger partial charge on any atom is -1.00 e. The van der Waals surface area contributed by atoms with E-state index in [1.165, 1.54) is 116 Å². The Labute approximate surface area is 292 Å². The van der Waals surface area contributed by atoms with Crippen molar-refractivity contribution in [1.82, 2.24) is 0 Å². The van der Waals surface area contributed by atoms with Crippen LogP contribution in [0.1, 0.15) is 194 Å². The molecule has 6 heteroatoms. The second-order valence-electron chi connectivity index (χ2n) is 13.5. The van der Waals surface area contributed by atoms with Gasteiger partial charge in [-0.3, -0.25) is 9.59 Å². The second-order valence-corrected chi connectivity index (χ2v) is 13.5. The van der Waals surface area contributed by atoms with E-state index in [1.807, 2.05) is 14.1 Å². The molecule has 5 nitrogen and oxygen atoms in total. The highest BCUT2D eigenvalue weighted by Gasteiger charge is 2.21. The number of nitrogens with one attached hydrogen (secondary N) is 1. The monoisotopic (exact) mass is 670 g/mol. The summed E-state index contributed by atoms with van der Waals surface area (Å²) in [6.45, 7) is 5.00. The van der Waals surface area contributed by atoms with Crippen molar-refractivity contribution in [2.75, 3.05) is 20.6 Å². The van der Waals surface area contributed by atoms with E-state index in [4.69, 9.17) is 9.47 Å². The number of unbranched alkanes of at least 4 members (excludes halogenated alkanes) is 22. The molecule has 1 N–H and O–H groups in total. The van der Waals surface area contributed by atoms with Gasteiger partial charge in [-0.2, -0.15) is 0 Å². The molecule has 0 atom stereocenters. The van der Waals surface area contributed by atoms with Crippen LogP contribution in [0.4, 0.5) is 0 Å². The number of rotatable bonds is 34. The maximum Gasteiger partial charge on any atom is 0.309 e. The molecule has 0 saturated heterocycles. The zero-order valence-electron chi connectivity index (χ0n) is 30.9. The Bertz CT molecular complexity index is 655. The lowest BCUT2D eigenvalue weighted by Gasteiger charge is -2.19. The lowest BCUT2D eigenvalue weighted by molar-refractivity contribution is -0.864. The number of hydrogen-bond donors (Lipinski definition) is 1. The van der Waals surface area contributed by atoms with Crippen LogP contribution in [0.25, 0.3) is 0 Å². The molecule has 0 aromatic carbocycles. The van der Waals surface area contributed by atoms with Gasteiger partial charge in [0.2, 0.25) is 0 Å². The van der Waals surface area contributed by atoms with Gasteiger partial charge in [-0.1, -0.05) is 141 Å².